The van der Waals surface area contributed by atoms with Crippen molar-refractivity contribution in [2.24, 2.45) is 34.5 Å². The van der Waals surface area contributed by atoms with Gasteiger partial charge in [0.25, 0.3) is 0 Å². The van der Waals surface area contributed by atoms with Gasteiger partial charge in [0, 0.05) is 5.41 Å². The Morgan fingerprint density at radius 3 is 2.71 bits per heavy atom. The zero-order valence-electron chi connectivity index (χ0n) is 18.8. The molecule has 0 amide bonds. The van der Waals surface area contributed by atoms with Gasteiger partial charge in [-0.05, 0) is 93.8 Å². The first-order valence-electron chi connectivity index (χ1n) is 12.0. The van der Waals surface area contributed by atoms with Gasteiger partial charge in [0.15, 0.2) is 0 Å². The number of fused-ring (bicyclic) bond motifs is 5. The maximum Gasteiger partial charge on any atom is 0.0636 e. The molecule has 0 aliphatic heterocycles. The van der Waals surface area contributed by atoms with Crippen molar-refractivity contribution in [1.82, 2.24) is 0 Å². The van der Waals surface area contributed by atoms with E-state index in [1.54, 1.807) is 5.57 Å². The van der Waals surface area contributed by atoms with Crippen LogP contribution in [-0.2, 0) is 0 Å². The minimum atomic E-state index is -0.149. The minimum Gasteiger partial charge on any atom is -0.392 e. The van der Waals surface area contributed by atoms with Gasteiger partial charge in [0.1, 0.15) is 0 Å². The molecule has 0 spiro atoms. The average Bonchev–Trinajstić information content (AvgIpc) is 3.00. The normalized spacial score (nSPS) is 43.3. The van der Waals surface area contributed by atoms with Crippen LogP contribution in [0.3, 0.4) is 0 Å². The van der Waals surface area contributed by atoms with Crippen LogP contribution in [0.15, 0.2) is 35.5 Å². The van der Waals surface area contributed by atoms with Crippen molar-refractivity contribution < 1.29 is 5.11 Å². The standard InChI is InChI=1S/C27H42O/c1-18(2)8-6-9-19(3)22-14-15-23-21-13-12-20-10-7-11-25(28)27(20,5)24(21)16-17-26(22,23)4/h12-13,19,22-25,28H,1,6-11,14-17H2,2-5H3/t19-,22-,23+,24+,25?,26-,27+/m1/s1. The summed E-state index contributed by atoms with van der Waals surface area (Å²) in [6.07, 6.45) is 17.3. The average molecular weight is 383 g/mol. The lowest BCUT2D eigenvalue weighted by Gasteiger charge is -2.56. The van der Waals surface area contributed by atoms with E-state index < -0.39 is 0 Å². The van der Waals surface area contributed by atoms with Crippen LogP contribution in [0.2, 0.25) is 0 Å². The van der Waals surface area contributed by atoms with E-state index in [0.29, 0.717) is 11.3 Å². The van der Waals surface area contributed by atoms with E-state index in [0.717, 1.165) is 30.6 Å². The molecule has 1 unspecified atom stereocenters. The molecule has 0 aromatic rings. The Kier molecular flexibility index (Phi) is 5.45. The third kappa shape index (κ3) is 3.08. The molecule has 4 aliphatic carbocycles. The Morgan fingerprint density at radius 1 is 1.18 bits per heavy atom. The summed E-state index contributed by atoms with van der Waals surface area (Å²) in [6.45, 7) is 13.8. The van der Waals surface area contributed by atoms with Gasteiger partial charge in [0.05, 0.1) is 6.10 Å². The van der Waals surface area contributed by atoms with E-state index in [-0.39, 0.29) is 11.5 Å². The first kappa shape index (κ1) is 20.5. The molecule has 156 valence electrons. The van der Waals surface area contributed by atoms with Gasteiger partial charge in [-0.1, -0.05) is 56.1 Å². The summed E-state index contributed by atoms with van der Waals surface area (Å²) in [5.41, 5.74) is 5.04. The molecule has 7 atom stereocenters. The SMILES string of the molecule is C=C(C)CCC[C@@H](C)[C@H]1CC[C@H]2C3=CC=C4CCCC(O)[C@]4(C)[C@H]3CC[C@]12C. The number of aliphatic hydroxyl groups is 1. The van der Waals surface area contributed by atoms with Crippen LogP contribution < -0.4 is 0 Å². The van der Waals surface area contributed by atoms with Crippen molar-refractivity contribution in [3.8, 4) is 0 Å². The topological polar surface area (TPSA) is 20.2 Å². The molecule has 0 aromatic heterocycles. The molecule has 1 nitrogen and oxygen atoms in total. The fourth-order valence-corrected chi connectivity index (χ4v) is 7.96. The van der Waals surface area contributed by atoms with Crippen LogP contribution in [0.5, 0.6) is 0 Å². The highest BCUT2D eigenvalue weighted by Crippen LogP contribution is 2.66. The van der Waals surface area contributed by atoms with Crippen LogP contribution in [0.25, 0.3) is 0 Å². The molecule has 0 bridgehead atoms. The maximum absolute atomic E-state index is 11.0. The second-order valence-corrected chi connectivity index (χ2v) is 11.2. The van der Waals surface area contributed by atoms with Crippen LogP contribution in [0.1, 0.15) is 91.9 Å². The summed E-state index contributed by atoms with van der Waals surface area (Å²) in [5, 5.41) is 11.0. The molecule has 0 saturated heterocycles. The van der Waals surface area contributed by atoms with Crippen molar-refractivity contribution in [3.63, 3.8) is 0 Å². The van der Waals surface area contributed by atoms with Gasteiger partial charge >= 0.3 is 0 Å². The van der Waals surface area contributed by atoms with Crippen molar-refractivity contribution in [1.29, 1.82) is 0 Å². The number of rotatable bonds is 5. The Morgan fingerprint density at radius 2 is 1.96 bits per heavy atom. The molecule has 4 aliphatic rings. The molecule has 3 saturated carbocycles. The van der Waals surface area contributed by atoms with Crippen molar-refractivity contribution in [2.45, 2.75) is 98.0 Å². The number of aliphatic hydroxyl groups excluding tert-OH is 1. The first-order valence-corrected chi connectivity index (χ1v) is 12.0. The van der Waals surface area contributed by atoms with Crippen LogP contribution in [0, 0.1) is 34.5 Å². The Hall–Kier alpha value is -0.820. The van der Waals surface area contributed by atoms with Crippen molar-refractivity contribution in [3.05, 3.63) is 35.5 Å². The summed E-state index contributed by atoms with van der Waals surface area (Å²) in [4.78, 5) is 0. The lowest BCUT2D eigenvalue weighted by Crippen LogP contribution is -2.50. The van der Waals surface area contributed by atoms with Gasteiger partial charge in [-0.3, -0.25) is 0 Å². The summed E-state index contributed by atoms with van der Waals surface area (Å²) < 4.78 is 0. The van der Waals surface area contributed by atoms with Crippen LogP contribution in [0.4, 0.5) is 0 Å². The second-order valence-electron chi connectivity index (χ2n) is 11.2. The zero-order chi connectivity index (χ0) is 20.1. The minimum absolute atomic E-state index is 0.00878. The summed E-state index contributed by atoms with van der Waals surface area (Å²) >= 11 is 0. The number of hydrogen-bond donors (Lipinski definition) is 1. The van der Waals surface area contributed by atoms with Crippen molar-refractivity contribution >= 4 is 0 Å². The summed E-state index contributed by atoms with van der Waals surface area (Å²) in [7, 11) is 0. The maximum atomic E-state index is 11.0. The molecule has 28 heavy (non-hydrogen) atoms. The smallest absolute Gasteiger partial charge is 0.0636 e. The lowest BCUT2D eigenvalue weighted by atomic mass is 9.49. The van der Waals surface area contributed by atoms with Crippen LogP contribution in [-0.4, -0.2) is 11.2 Å². The van der Waals surface area contributed by atoms with E-state index in [1.807, 2.05) is 0 Å². The second kappa shape index (κ2) is 7.46. The Bertz CT molecular complexity index is 684. The van der Waals surface area contributed by atoms with E-state index in [9.17, 15) is 5.11 Å². The largest absolute Gasteiger partial charge is 0.392 e. The summed E-state index contributed by atoms with van der Waals surface area (Å²) in [5.74, 6) is 3.00. The highest BCUT2D eigenvalue weighted by atomic mass is 16.3. The van der Waals surface area contributed by atoms with Gasteiger partial charge in [-0.25, -0.2) is 0 Å². The van der Waals surface area contributed by atoms with Gasteiger partial charge in [-0.2, -0.15) is 0 Å². The monoisotopic (exact) mass is 382 g/mol. The lowest BCUT2D eigenvalue weighted by molar-refractivity contribution is -0.0246. The highest BCUT2D eigenvalue weighted by Gasteiger charge is 2.58. The molecule has 0 heterocycles. The molecular weight excluding hydrogens is 340 g/mol. The number of hydrogen-bond acceptors (Lipinski definition) is 1. The summed E-state index contributed by atoms with van der Waals surface area (Å²) in [6, 6.07) is 0. The zero-order valence-corrected chi connectivity index (χ0v) is 18.8. The van der Waals surface area contributed by atoms with Gasteiger partial charge in [0.2, 0.25) is 0 Å². The third-order valence-electron chi connectivity index (χ3n) is 9.64. The van der Waals surface area contributed by atoms with Crippen molar-refractivity contribution in [2.75, 3.05) is 0 Å². The van der Waals surface area contributed by atoms with E-state index in [1.165, 1.54) is 62.5 Å². The predicted molar refractivity (Wildman–Crippen MR) is 119 cm³/mol. The number of allylic oxidation sites excluding steroid dienone is 4. The fourth-order valence-electron chi connectivity index (χ4n) is 7.96. The van der Waals surface area contributed by atoms with Gasteiger partial charge < -0.3 is 5.11 Å². The Balaban J connectivity index is 1.55. The molecular formula is C27H42O. The van der Waals surface area contributed by atoms with E-state index in [4.69, 9.17) is 0 Å². The quantitative estimate of drug-likeness (QED) is 0.497. The molecule has 3 fully saturated rings. The van der Waals surface area contributed by atoms with Crippen LogP contribution >= 0.6 is 0 Å². The van der Waals surface area contributed by atoms with Gasteiger partial charge in [-0.15, -0.1) is 6.58 Å². The van der Waals surface area contributed by atoms with E-state index >= 15 is 0 Å². The predicted octanol–water partition coefficient (Wildman–Crippen LogP) is 7.23. The molecule has 4 rings (SSSR count). The molecule has 1 N–H and O–H groups in total. The highest BCUT2D eigenvalue weighted by molar-refractivity contribution is 5.39. The van der Waals surface area contributed by atoms with E-state index in [2.05, 4.69) is 46.4 Å². The molecule has 1 heteroatoms. The first-order chi connectivity index (χ1) is 13.3. The Labute approximate surface area is 173 Å². The molecule has 0 radical (unpaired) electrons. The third-order valence-corrected chi connectivity index (χ3v) is 9.64. The molecule has 0 aromatic carbocycles. The fraction of sp³-hybridized carbons (Fsp3) is 0.778.